The molecular weight excluding hydrogens is 361 g/mol. The Hall–Kier alpha value is -2.73. The van der Waals surface area contributed by atoms with Crippen molar-refractivity contribution in [1.29, 1.82) is 0 Å². The Morgan fingerprint density at radius 2 is 1.74 bits per heavy atom. The Bertz CT molecular complexity index is 921. The molecule has 0 aliphatic carbocycles. The molecular formula is C21H22FN3OS. The molecule has 0 spiro atoms. The standard InChI is InChI=1S/C21H22FN3OS/c1-13-9-11-15(12-10-13)25-14(2)18(20(26)24(3)4)19(23-21(25)27)16-7-5-6-8-17(16)22/h5-12,19H,1-4H3,(H,23,27). The number of thiocarbonyl (C=S) groups is 1. The number of carbonyl (C=O) groups excluding carboxylic acids is 1. The summed E-state index contributed by atoms with van der Waals surface area (Å²) < 4.78 is 14.5. The third kappa shape index (κ3) is 3.57. The largest absolute Gasteiger partial charge is 0.351 e. The molecule has 1 aliphatic rings. The Labute approximate surface area is 164 Å². The van der Waals surface area contributed by atoms with Crippen molar-refractivity contribution < 1.29 is 9.18 Å². The van der Waals surface area contributed by atoms with Gasteiger partial charge < -0.3 is 10.2 Å². The van der Waals surface area contributed by atoms with Gasteiger partial charge in [-0.3, -0.25) is 9.69 Å². The van der Waals surface area contributed by atoms with E-state index < -0.39 is 6.04 Å². The van der Waals surface area contributed by atoms with Crippen LogP contribution in [0.3, 0.4) is 0 Å². The predicted octanol–water partition coefficient (Wildman–Crippen LogP) is 3.93. The number of rotatable bonds is 3. The molecule has 4 nitrogen and oxygen atoms in total. The number of aryl methyl sites for hydroxylation is 1. The zero-order valence-electron chi connectivity index (χ0n) is 15.8. The number of halogens is 1. The molecule has 1 amide bonds. The number of likely N-dealkylation sites (N-methyl/N-ethyl adjacent to an activating group) is 1. The van der Waals surface area contributed by atoms with Crippen LogP contribution >= 0.6 is 12.2 Å². The molecule has 2 aromatic carbocycles. The van der Waals surface area contributed by atoms with E-state index in [0.717, 1.165) is 11.3 Å². The highest BCUT2D eigenvalue weighted by atomic mass is 32.1. The van der Waals surface area contributed by atoms with Crippen molar-refractivity contribution in [2.45, 2.75) is 19.9 Å². The number of hydrogen-bond acceptors (Lipinski definition) is 2. The first-order chi connectivity index (χ1) is 12.8. The lowest BCUT2D eigenvalue weighted by molar-refractivity contribution is -0.125. The summed E-state index contributed by atoms with van der Waals surface area (Å²) in [5.41, 5.74) is 3.54. The van der Waals surface area contributed by atoms with E-state index in [1.54, 1.807) is 32.3 Å². The van der Waals surface area contributed by atoms with Gasteiger partial charge in [0.15, 0.2) is 5.11 Å². The Morgan fingerprint density at radius 1 is 1.11 bits per heavy atom. The maximum Gasteiger partial charge on any atom is 0.253 e. The molecule has 140 valence electrons. The lowest BCUT2D eigenvalue weighted by Crippen LogP contribution is -2.49. The first-order valence-electron chi connectivity index (χ1n) is 8.65. The smallest absolute Gasteiger partial charge is 0.253 e. The van der Waals surface area contributed by atoms with Crippen LogP contribution in [0.5, 0.6) is 0 Å². The Balaban J connectivity index is 2.18. The van der Waals surface area contributed by atoms with E-state index in [9.17, 15) is 9.18 Å². The molecule has 0 radical (unpaired) electrons. The Morgan fingerprint density at radius 3 is 2.33 bits per heavy atom. The third-order valence-corrected chi connectivity index (χ3v) is 4.93. The first-order valence-corrected chi connectivity index (χ1v) is 9.06. The maximum absolute atomic E-state index is 14.5. The van der Waals surface area contributed by atoms with Crippen LogP contribution in [-0.2, 0) is 4.79 Å². The summed E-state index contributed by atoms with van der Waals surface area (Å²) >= 11 is 5.58. The fourth-order valence-electron chi connectivity index (χ4n) is 3.21. The quantitative estimate of drug-likeness (QED) is 0.815. The van der Waals surface area contributed by atoms with E-state index in [2.05, 4.69) is 5.32 Å². The summed E-state index contributed by atoms with van der Waals surface area (Å²) in [6.07, 6.45) is 0. The van der Waals surface area contributed by atoms with Crippen LogP contribution < -0.4 is 10.2 Å². The molecule has 0 fully saturated rings. The van der Waals surface area contributed by atoms with E-state index in [4.69, 9.17) is 12.2 Å². The predicted molar refractivity (Wildman–Crippen MR) is 110 cm³/mol. The summed E-state index contributed by atoms with van der Waals surface area (Å²) in [7, 11) is 3.37. The number of allylic oxidation sites excluding steroid dienone is 1. The van der Waals surface area contributed by atoms with Crippen molar-refractivity contribution in [1.82, 2.24) is 10.2 Å². The van der Waals surface area contributed by atoms with Crippen LogP contribution in [0.15, 0.2) is 59.8 Å². The molecule has 0 bridgehead atoms. The monoisotopic (exact) mass is 383 g/mol. The van der Waals surface area contributed by atoms with Gasteiger partial charge in [-0.25, -0.2) is 4.39 Å². The van der Waals surface area contributed by atoms with Crippen LogP contribution in [0.2, 0.25) is 0 Å². The minimum absolute atomic E-state index is 0.187. The van der Waals surface area contributed by atoms with Crippen LogP contribution in [0.25, 0.3) is 0 Å². The zero-order chi connectivity index (χ0) is 19.7. The second-order valence-electron chi connectivity index (χ2n) is 6.77. The Kier molecular flexibility index (Phi) is 5.28. The summed E-state index contributed by atoms with van der Waals surface area (Å²) in [6.45, 7) is 3.85. The zero-order valence-corrected chi connectivity index (χ0v) is 16.6. The summed E-state index contributed by atoms with van der Waals surface area (Å²) in [5.74, 6) is -0.564. The topological polar surface area (TPSA) is 35.6 Å². The van der Waals surface area contributed by atoms with Gasteiger partial charge in [-0.1, -0.05) is 35.9 Å². The highest BCUT2D eigenvalue weighted by Crippen LogP contribution is 2.35. The number of nitrogens with zero attached hydrogens (tertiary/aromatic N) is 2. The van der Waals surface area contributed by atoms with Gasteiger partial charge in [0, 0.05) is 31.0 Å². The van der Waals surface area contributed by atoms with Crippen molar-refractivity contribution >= 4 is 28.9 Å². The molecule has 1 atom stereocenters. The van der Waals surface area contributed by atoms with Crippen molar-refractivity contribution in [3.8, 4) is 0 Å². The van der Waals surface area contributed by atoms with E-state index in [1.165, 1.54) is 11.0 Å². The molecule has 1 heterocycles. The third-order valence-electron chi connectivity index (χ3n) is 4.63. The first kappa shape index (κ1) is 19.0. The molecule has 6 heteroatoms. The van der Waals surface area contributed by atoms with Crippen molar-refractivity contribution in [3.05, 3.63) is 76.7 Å². The molecule has 0 aromatic heterocycles. The molecule has 2 aromatic rings. The van der Waals surface area contributed by atoms with E-state index in [-0.39, 0.29) is 11.7 Å². The summed E-state index contributed by atoms with van der Waals surface area (Å²) in [6, 6.07) is 13.7. The molecule has 1 N–H and O–H groups in total. The van der Waals surface area contributed by atoms with Gasteiger partial charge in [-0.05, 0) is 44.3 Å². The van der Waals surface area contributed by atoms with Gasteiger partial charge in [0.05, 0.1) is 11.6 Å². The van der Waals surface area contributed by atoms with Crippen molar-refractivity contribution in [2.24, 2.45) is 0 Å². The number of amides is 1. The van der Waals surface area contributed by atoms with Crippen LogP contribution in [0, 0.1) is 12.7 Å². The number of hydrogen-bond donors (Lipinski definition) is 1. The minimum Gasteiger partial charge on any atom is -0.351 e. The minimum atomic E-state index is -0.643. The van der Waals surface area contributed by atoms with Gasteiger partial charge in [0.25, 0.3) is 5.91 Å². The summed E-state index contributed by atoms with van der Waals surface area (Å²) in [4.78, 5) is 16.3. The second-order valence-corrected chi connectivity index (χ2v) is 7.16. The van der Waals surface area contributed by atoms with E-state index in [1.807, 2.05) is 43.0 Å². The van der Waals surface area contributed by atoms with Gasteiger partial charge in [-0.2, -0.15) is 0 Å². The van der Waals surface area contributed by atoms with Crippen LogP contribution in [-0.4, -0.2) is 30.0 Å². The molecule has 27 heavy (non-hydrogen) atoms. The lowest BCUT2D eigenvalue weighted by Gasteiger charge is -2.38. The van der Waals surface area contributed by atoms with Gasteiger partial charge in [-0.15, -0.1) is 0 Å². The fourth-order valence-corrected chi connectivity index (χ4v) is 3.57. The summed E-state index contributed by atoms with van der Waals surface area (Å²) in [5, 5.41) is 3.60. The van der Waals surface area contributed by atoms with Gasteiger partial charge >= 0.3 is 0 Å². The highest BCUT2D eigenvalue weighted by Gasteiger charge is 2.36. The molecule has 0 saturated carbocycles. The molecule has 3 rings (SSSR count). The average Bonchev–Trinajstić information content (AvgIpc) is 2.62. The average molecular weight is 383 g/mol. The number of anilines is 1. The maximum atomic E-state index is 14.5. The van der Waals surface area contributed by atoms with Gasteiger partial charge in [0.2, 0.25) is 0 Å². The lowest BCUT2D eigenvalue weighted by atomic mass is 9.93. The SMILES string of the molecule is CC1=C(C(=O)N(C)C)C(c2ccccc2F)NC(=S)N1c1ccc(C)cc1. The van der Waals surface area contributed by atoms with E-state index in [0.29, 0.717) is 21.9 Å². The van der Waals surface area contributed by atoms with Crippen molar-refractivity contribution in [2.75, 3.05) is 19.0 Å². The van der Waals surface area contributed by atoms with Crippen molar-refractivity contribution in [3.63, 3.8) is 0 Å². The second kappa shape index (κ2) is 7.48. The van der Waals surface area contributed by atoms with Gasteiger partial charge in [0.1, 0.15) is 5.82 Å². The molecule has 1 unspecified atom stereocenters. The van der Waals surface area contributed by atoms with E-state index >= 15 is 0 Å². The normalized spacial score (nSPS) is 17.0. The molecule has 1 aliphatic heterocycles. The van der Waals surface area contributed by atoms with Crippen LogP contribution in [0.1, 0.15) is 24.1 Å². The fraction of sp³-hybridized carbons (Fsp3) is 0.238. The number of carbonyl (C=O) groups is 1. The highest BCUT2D eigenvalue weighted by molar-refractivity contribution is 7.80. The van der Waals surface area contributed by atoms with Crippen LogP contribution in [0.4, 0.5) is 10.1 Å². The number of nitrogens with one attached hydrogen (secondary N) is 1. The number of benzene rings is 2. The molecule has 0 saturated heterocycles.